The Balaban J connectivity index is 0.00000200. The van der Waals surface area contributed by atoms with E-state index in [-0.39, 0.29) is 30.3 Å². The van der Waals surface area contributed by atoms with Crippen LogP contribution in [0, 0.1) is 13.8 Å². The van der Waals surface area contributed by atoms with E-state index in [1.807, 2.05) is 26.0 Å². The van der Waals surface area contributed by atoms with Gasteiger partial charge in [0.05, 0.1) is 12.0 Å². The van der Waals surface area contributed by atoms with E-state index in [2.05, 4.69) is 5.10 Å². The zero-order valence-electron chi connectivity index (χ0n) is 11.7. The molecule has 0 spiro atoms. The van der Waals surface area contributed by atoms with Crippen LogP contribution in [0.5, 0.6) is 0 Å². The van der Waals surface area contributed by atoms with E-state index in [4.69, 9.17) is 4.74 Å². The highest BCUT2D eigenvalue weighted by Crippen LogP contribution is 2.13. The molecule has 0 atom stereocenters. The van der Waals surface area contributed by atoms with Crippen molar-refractivity contribution >= 4 is 16.9 Å². The number of ether oxygens (including phenoxy) is 1. The first-order chi connectivity index (χ1) is 9.01. The van der Waals surface area contributed by atoms with Crippen LogP contribution in [0.15, 0.2) is 23.1 Å². The number of halogens is 1. The fourth-order valence-electron chi connectivity index (χ4n) is 2.13. The Morgan fingerprint density at radius 2 is 2.05 bits per heavy atom. The molecule has 0 fully saturated rings. The van der Waals surface area contributed by atoms with Gasteiger partial charge in [0, 0.05) is 0 Å². The van der Waals surface area contributed by atoms with Gasteiger partial charge in [0.2, 0.25) is 6.20 Å². The maximum atomic E-state index is 12.1. The van der Waals surface area contributed by atoms with Crippen LogP contribution in [0.1, 0.15) is 18.1 Å². The van der Waals surface area contributed by atoms with Crippen LogP contribution in [0.4, 0.5) is 0 Å². The molecule has 1 aromatic carbocycles. The second kappa shape index (κ2) is 6.52. The molecule has 1 N–H and O–H groups in total. The van der Waals surface area contributed by atoms with Gasteiger partial charge >= 0.3 is 5.97 Å². The van der Waals surface area contributed by atoms with E-state index < -0.39 is 0 Å². The minimum Gasteiger partial charge on any atom is -1.00 e. The Morgan fingerprint density at radius 3 is 2.70 bits per heavy atom. The number of carbonyl (C=O) groups is 1. The number of rotatable bonds is 3. The van der Waals surface area contributed by atoms with Crippen molar-refractivity contribution < 1.29 is 26.6 Å². The van der Waals surface area contributed by atoms with Crippen molar-refractivity contribution in [3.63, 3.8) is 0 Å². The first-order valence-corrected chi connectivity index (χ1v) is 6.20. The summed E-state index contributed by atoms with van der Waals surface area (Å²) in [5.41, 5.74) is 2.66. The molecule has 0 amide bonds. The molecule has 0 aliphatic heterocycles. The van der Waals surface area contributed by atoms with Gasteiger partial charge in [-0.25, -0.2) is 4.79 Å². The maximum absolute atomic E-state index is 12.1. The first-order valence-electron chi connectivity index (χ1n) is 6.20. The fraction of sp³-hybridized carbons (Fsp3) is 0.357. The summed E-state index contributed by atoms with van der Waals surface area (Å²) in [6.07, 6.45) is 1.39. The maximum Gasteiger partial charge on any atom is 0.375 e. The van der Waals surface area contributed by atoms with Crippen molar-refractivity contribution in [3.05, 3.63) is 39.7 Å². The van der Waals surface area contributed by atoms with Gasteiger partial charge in [-0.1, -0.05) is 6.07 Å². The van der Waals surface area contributed by atoms with E-state index in [9.17, 15) is 9.59 Å². The first kappa shape index (κ1) is 16.2. The van der Waals surface area contributed by atoms with E-state index >= 15 is 0 Å². The van der Waals surface area contributed by atoms with Crippen LogP contribution >= 0.6 is 0 Å². The molecule has 108 valence electrons. The van der Waals surface area contributed by atoms with Gasteiger partial charge in [-0.3, -0.25) is 4.79 Å². The number of fused-ring (bicyclic) bond motifs is 1. The third-order valence-electron chi connectivity index (χ3n) is 2.88. The molecule has 0 radical (unpaired) electrons. The standard InChI is InChI=1S/C14H16N2O3.ClH/c1-4-19-13(18)8-16-7-12(17)11-6-9(2)5-10(3)14(11)15-16;/h5-7H,4,8H2,1-3H3;1H. The van der Waals surface area contributed by atoms with E-state index in [0.717, 1.165) is 16.6 Å². The normalized spacial score (nSPS) is 10.2. The molecule has 0 saturated heterocycles. The number of hydrogen-bond donors (Lipinski definition) is 1. The smallest absolute Gasteiger partial charge is 0.375 e. The average Bonchev–Trinajstić information content (AvgIpc) is 2.31. The van der Waals surface area contributed by atoms with Crippen molar-refractivity contribution in [1.29, 1.82) is 0 Å². The van der Waals surface area contributed by atoms with Crippen LogP contribution in [0.3, 0.4) is 0 Å². The van der Waals surface area contributed by atoms with Crippen molar-refractivity contribution in [2.75, 3.05) is 6.61 Å². The molecule has 1 aromatic heterocycles. The van der Waals surface area contributed by atoms with Crippen LogP contribution in [0.2, 0.25) is 0 Å². The van der Waals surface area contributed by atoms with Crippen molar-refractivity contribution in [2.45, 2.75) is 27.3 Å². The number of aryl methyl sites for hydroxylation is 2. The summed E-state index contributed by atoms with van der Waals surface area (Å²) >= 11 is 0. The Bertz CT molecular complexity index is 695. The predicted octanol–water partition coefficient (Wildman–Crippen LogP) is -2.00. The summed E-state index contributed by atoms with van der Waals surface area (Å²) in [5, 5.41) is 3.70. The minimum atomic E-state index is -0.368. The number of nitrogens with one attached hydrogen (secondary N) is 1. The number of nitrogens with zero attached hydrogens (tertiary/aromatic N) is 1. The molecule has 2 aromatic rings. The van der Waals surface area contributed by atoms with Gasteiger partial charge in [-0.05, 0) is 38.0 Å². The summed E-state index contributed by atoms with van der Waals surface area (Å²) in [7, 11) is 0. The van der Waals surface area contributed by atoms with E-state index in [1.165, 1.54) is 10.9 Å². The van der Waals surface area contributed by atoms with E-state index in [1.54, 1.807) is 6.92 Å². The van der Waals surface area contributed by atoms with Crippen LogP contribution < -0.4 is 22.5 Å². The zero-order chi connectivity index (χ0) is 14.0. The SMILES string of the molecule is CCOC(=O)C[n+]1cc(=O)c2cc(C)cc(C)c2[nH]1.[Cl-]. The average molecular weight is 297 g/mol. The molecule has 20 heavy (non-hydrogen) atoms. The molecule has 0 aliphatic carbocycles. The molecule has 2 rings (SSSR count). The lowest BCUT2D eigenvalue weighted by atomic mass is 10.1. The predicted molar refractivity (Wildman–Crippen MR) is 70.9 cm³/mol. The topological polar surface area (TPSA) is 63.0 Å². The Kier molecular flexibility index (Phi) is 5.27. The summed E-state index contributed by atoms with van der Waals surface area (Å²) in [6.45, 7) is 5.96. The molecule has 0 aliphatic rings. The number of H-pyrrole nitrogens is 1. The molecule has 6 heteroatoms. The number of benzene rings is 1. The summed E-state index contributed by atoms with van der Waals surface area (Å²) in [4.78, 5) is 23.5. The van der Waals surface area contributed by atoms with Gasteiger partial charge in [-0.15, -0.1) is 4.68 Å². The third-order valence-corrected chi connectivity index (χ3v) is 2.88. The lowest BCUT2D eigenvalue weighted by molar-refractivity contribution is -0.742. The lowest BCUT2D eigenvalue weighted by Gasteiger charge is -2.03. The monoisotopic (exact) mass is 296 g/mol. The quantitative estimate of drug-likeness (QED) is 0.526. The summed E-state index contributed by atoms with van der Waals surface area (Å²) in [6, 6.07) is 3.84. The van der Waals surface area contributed by atoms with E-state index in [0.29, 0.717) is 12.0 Å². The van der Waals surface area contributed by atoms with Crippen molar-refractivity contribution in [2.24, 2.45) is 0 Å². The minimum absolute atomic E-state index is 0. The molecule has 5 nitrogen and oxygen atoms in total. The molecular weight excluding hydrogens is 280 g/mol. The molecule has 0 saturated carbocycles. The Hall–Kier alpha value is -1.88. The highest BCUT2D eigenvalue weighted by molar-refractivity contribution is 5.81. The van der Waals surface area contributed by atoms with Gasteiger partial charge < -0.3 is 17.1 Å². The van der Waals surface area contributed by atoms with Gasteiger partial charge in [0.1, 0.15) is 5.52 Å². The number of esters is 1. The molecule has 0 bridgehead atoms. The van der Waals surface area contributed by atoms with Gasteiger partial charge in [0.25, 0.3) is 12.0 Å². The molecule has 0 unspecified atom stereocenters. The highest BCUT2D eigenvalue weighted by atomic mass is 35.5. The number of hydrogen-bond acceptors (Lipinski definition) is 3. The van der Waals surface area contributed by atoms with Crippen molar-refractivity contribution in [3.8, 4) is 0 Å². The molecular formula is C14H17ClN2O3. The Labute approximate surface area is 123 Å². The van der Waals surface area contributed by atoms with Crippen molar-refractivity contribution in [1.82, 2.24) is 5.10 Å². The van der Waals surface area contributed by atoms with Crippen LogP contribution in [-0.2, 0) is 16.1 Å². The second-order valence-electron chi connectivity index (χ2n) is 4.54. The lowest BCUT2D eigenvalue weighted by Crippen LogP contribution is -3.00. The number of aromatic nitrogens is 2. The number of aromatic amines is 1. The highest BCUT2D eigenvalue weighted by Gasteiger charge is 2.14. The van der Waals surface area contributed by atoms with Crippen LogP contribution in [0.25, 0.3) is 10.9 Å². The fourth-order valence-corrected chi connectivity index (χ4v) is 2.13. The largest absolute Gasteiger partial charge is 1.00 e. The molecule has 1 heterocycles. The Morgan fingerprint density at radius 1 is 1.35 bits per heavy atom. The number of carbonyl (C=O) groups excluding carboxylic acids is 1. The summed E-state index contributed by atoms with van der Waals surface area (Å²) < 4.78 is 6.33. The van der Waals surface area contributed by atoms with Gasteiger partial charge in [0.15, 0.2) is 0 Å². The van der Waals surface area contributed by atoms with Crippen LogP contribution in [-0.4, -0.2) is 17.7 Å². The third kappa shape index (κ3) is 3.36. The van der Waals surface area contributed by atoms with Gasteiger partial charge in [-0.2, -0.15) is 5.10 Å². The second-order valence-corrected chi connectivity index (χ2v) is 4.54. The zero-order valence-corrected chi connectivity index (χ0v) is 12.5. The summed E-state index contributed by atoms with van der Waals surface area (Å²) in [5.74, 6) is -0.368.